The number of unbranched alkanes of at least 4 members (excludes halogenated alkanes) is 1. The van der Waals surface area contributed by atoms with Gasteiger partial charge in [0, 0.05) is 0 Å². The molecule has 10 heterocycles. The van der Waals surface area contributed by atoms with Crippen LogP contribution in [0.3, 0.4) is 0 Å². The van der Waals surface area contributed by atoms with Gasteiger partial charge >= 0.3 is 760 Å². The second-order valence-corrected chi connectivity index (χ2v) is 81.2. The van der Waals surface area contributed by atoms with E-state index in [1.165, 1.54) is 18.5 Å². The van der Waals surface area contributed by atoms with Gasteiger partial charge in [-0.2, -0.15) is 0 Å². The molecule has 4 bridgehead atoms. The third-order valence-electron chi connectivity index (χ3n) is 18.4. The summed E-state index contributed by atoms with van der Waals surface area (Å²) >= 11 is -23.5. The number of hydrogen-bond acceptors (Lipinski definition) is 30. The van der Waals surface area contributed by atoms with Gasteiger partial charge in [-0.3, -0.25) is 0 Å². The number of nitrogens with zero attached hydrogens (tertiary/aromatic N) is 7. The van der Waals surface area contributed by atoms with Crippen molar-refractivity contribution in [2.24, 2.45) is 0 Å². The zero-order chi connectivity index (χ0) is 87.6. The van der Waals surface area contributed by atoms with Gasteiger partial charge in [0.25, 0.3) is 0 Å². The van der Waals surface area contributed by atoms with Crippen LogP contribution in [0.15, 0.2) is 30.3 Å². The third-order valence-corrected chi connectivity index (χ3v) is 68.1. The molecule has 10 aliphatic rings. The normalized spacial score (nSPS) is 28.5. The van der Waals surface area contributed by atoms with Crippen LogP contribution < -0.4 is 4.90 Å². The number of benzene rings is 1. The molecule has 11 rings (SSSR count). The van der Waals surface area contributed by atoms with Gasteiger partial charge in [-0.15, -0.1) is 0 Å². The maximum atomic E-state index is 6.10. The van der Waals surface area contributed by atoms with Crippen LogP contribution in [0.5, 0.6) is 0 Å². The van der Waals surface area contributed by atoms with Crippen LogP contribution in [0.2, 0.25) is 24.7 Å². The Hall–Kier alpha value is 3.45. The molecule has 10 fully saturated rings. The van der Waals surface area contributed by atoms with E-state index in [4.69, 9.17) is 70.7 Å². The van der Waals surface area contributed by atoms with Crippen molar-refractivity contribution in [1.29, 1.82) is 0 Å². The summed E-state index contributed by atoms with van der Waals surface area (Å²) in [5.74, 6) is 0. The number of rotatable bonds is 26. The van der Waals surface area contributed by atoms with Crippen molar-refractivity contribution < 1.29 is 70.7 Å². The topological polar surface area (TPSA) is 235 Å². The van der Waals surface area contributed by atoms with Crippen molar-refractivity contribution in [2.45, 2.75) is 283 Å². The molecule has 1 aromatic carbocycles. The standard InChI is InChI=1S/C10H13NO2.C9H18NO3.C8H17NO2.C7H15NO2.C6H12NO3.C6H14NO.C5H11NO2.8C3H7O.5CH3.7Sn/c12-8-6-11(7-9-13)10-4-2-1-3-5-10;1-7(11)4-10(5-8(2)12)6-9(3)13;1-2-3-4-9(5-7-10)6-8-11;1-6(9)4-8(3)5-7(2)10;8-4-1-7(2-5-9)3-6-10;1-3-7(4-2)5-6-8;1-6(2-4-7)3-5-8;8*1-3(2)4;;;;;;;;;;;;/h1-5H,6-9H2;7-9H,4-6H2,1-3H3;2-8H2,1H3;6-7H,4-5H2,1-3H3;1-6H2;3-6H2,1-2H3;2-5H2,1H3;8*3H,1-2H3;5*1H3;;;;;;;/q-2;-3;2*-2;-3;-1;-2;8*-1;;;;;;5*+3;2*+4. The molecular weight excluding hydrogens is 2260 g/mol. The third kappa shape index (κ3) is 51.7. The van der Waals surface area contributed by atoms with Crippen LogP contribution >= 0.6 is 0 Å². The van der Waals surface area contributed by atoms with E-state index in [1.54, 1.807) is 0 Å². The van der Waals surface area contributed by atoms with Gasteiger partial charge in [0.1, 0.15) is 0 Å². The molecular formula is C80H171N7O23Sn7. The molecule has 0 aliphatic carbocycles. The average Bonchev–Trinajstić information content (AvgIpc) is 0.796. The van der Waals surface area contributed by atoms with Gasteiger partial charge in [-0.25, -0.2) is 0 Å². The van der Waals surface area contributed by atoms with E-state index in [1.807, 2.05) is 127 Å². The van der Waals surface area contributed by atoms with Gasteiger partial charge in [0.05, 0.1) is 0 Å². The van der Waals surface area contributed by atoms with Crippen LogP contribution in [0.25, 0.3) is 0 Å². The van der Waals surface area contributed by atoms with Crippen LogP contribution in [0.1, 0.15) is 179 Å². The summed E-state index contributed by atoms with van der Waals surface area (Å²) in [6.07, 6.45) is 4.47. The molecule has 10 saturated heterocycles. The van der Waals surface area contributed by atoms with Crippen molar-refractivity contribution in [2.75, 3.05) is 203 Å². The SMILES string of the molecule is CC(C)[O][Sn]1([CH3])[O]C(C)CN(C)CC(C)[O]1.CC(C)[O][Sn]1([CH3])[O]CCN(C)CC[O]1.CC(C)[O][Sn]1([CH3])[O]CCN(c2ccccc2)CC[O]1.CC(C)[O][Sn]12[O]C(C)CN(CC(C)[O]1)CC(C)[O]2.CC(C)[O][Sn]12[O]CCN(CC[O]1)CC[O]2.CCCCN1CC[O][Sn]([CH3])([O]C(C)C)[O]CC1.CCN(CC)CC[O][Sn]([CH3])([O]C(C)C)[O]C(C)C. The molecule has 0 saturated carbocycles. The molecule has 5 unspecified atom stereocenters. The van der Waals surface area contributed by atoms with Gasteiger partial charge in [-0.05, 0) is 0 Å². The quantitative estimate of drug-likeness (QED) is 0.0784. The van der Waals surface area contributed by atoms with Gasteiger partial charge < -0.3 is 0 Å². The first-order chi connectivity index (χ1) is 54.9. The van der Waals surface area contributed by atoms with Gasteiger partial charge in [0.15, 0.2) is 0 Å². The van der Waals surface area contributed by atoms with E-state index < -0.39 is 138 Å². The number of hydrogen-bond donors (Lipinski definition) is 0. The molecule has 117 heavy (non-hydrogen) atoms. The summed E-state index contributed by atoms with van der Waals surface area (Å²) in [5, 5.41) is 0. The van der Waals surface area contributed by atoms with Gasteiger partial charge in [-0.1, -0.05) is 0 Å². The Kier molecular flexibility index (Phi) is 59.3. The molecule has 0 amide bonds. The molecule has 30 nitrogen and oxygen atoms in total. The van der Waals surface area contributed by atoms with E-state index >= 15 is 0 Å². The monoisotopic (exact) mass is 2440 g/mol. The van der Waals surface area contributed by atoms with Crippen LogP contribution in [0, 0.1) is 0 Å². The van der Waals surface area contributed by atoms with E-state index in [2.05, 4.69) is 143 Å². The van der Waals surface area contributed by atoms with E-state index in [0.717, 1.165) is 144 Å². The number of likely N-dealkylation sites (N-methyl/N-ethyl adjacent to an activating group) is 3. The van der Waals surface area contributed by atoms with Crippen LogP contribution in [-0.2, 0) is 70.7 Å². The Labute approximate surface area is 751 Å². The summed E-state index contributed by atoms with van der Waals surface area (Å²) in [6.45, 7) is 73.9. The molecule has 37 heteroatoms. The Balaban J connectivity index is 0.000000354. The first-order valence-electron chi connectivity index (χ1n) is 44.2. The molecule has 0 spiro atoms. The first kappa shape index (κ1) is 115. The molecule has 1 aromatic rings. The first-order valence-corrected chi connectivity index (χ1v) is 85.2. The van der Waals surface area contributed by atoms with E-state index in [0.29, 0.717) is 39.6 Å². The summed E-state index contributed by atoms with van der Waals surface area (Å²) in [5.41, 5.74) is 1.22. The van der Waals surface area contributed by atoms with Crippen LogP contribution in [0.4, 0.5) is 5.69 Å². The average molecular weight is 2430 g/mol. The summed E-state index contributed by atoms with van der Waals surface area (Å²) in [6, 6.07) is 10.4. The molecule has 0 radical (unpaired) electrons. The Morgan fingerprint density at radius 3 is 1.09 bits per heavy atom. The summed E-state index contributed by atoms with van der Waals surface area (Å²) in [7, 11) is 4.18. The Morgan fingerprint density at radius 2 is 0.735 bits per heavy atom. The maximum absolute atomic E-state index is 6.10. The minimum atomic E-state index is -3.86. The predicted molar refractivity (Wildman–Crippen MR) is 477 cm³/mol. The minimum absolute atomic E-state index is 0.0716. The molecule has 0 aromatic heterocycles. The Morgan fingerprint density at radius 1 is 0.393 bits per heavy atom. The fraction of sp³-hybridized carbons (Fsp3) is 0.925. The zero-order valence-electron chi connectivity index (χ0n) is 79.1. The molecule has 10 aliphatic heterocycles. The zero-order valence-corrected chi connectivity index (χ0v) is 99.1. The molecule has 0 N–H and O–H groups in total. The Bertz CT molecular complexity index is 2560. The fourth-order valence-electron chi connectivity index (χ4n) is 14.1. The number of para-hydroxylation sites is 1. The number of anilines is 1. The molecule has 5 atom stereocenters. The van der Waals surface area contributed by atoms with Crippen molar-refractivity contribution in [1.82, 2.24) is 29.4 Å². The second kappa shape index (κ2) is 60.5. The fourth-order valence-corrected chi connectivity index (χ4v) is 58.8. The van der Waals surface area contributed by atoms with E-state index in [-0.39, 0.29) is 79.4 Å². The van der Waals surface area contributed by atoms with Crippen molar-refractivity contribution in [3.63, 3.8) is 0 Å². The summed E-state index contributed by atoms with van der Waals surface area (Å²) in [4.78, 5) is 26.4. The summed E-state index contributed by atoms with van der Waals surface area (Å²) < 4.78 is 136. The van der Waals surface area contributed by atoms with Crippen molar-refractivity contribution in [3.05, 3.63) is 30.3 Å². The predicted octanol–water partition coefficient (Wildman–Crippen LogP) is 11.7. The molecule has 692 valence electrons. The van der Waals surface area contributed by atoms with Gasteiger partial charge in [0.2, 0.25) is 0 Å². The van der Waals surface area contributed by atoms with E-state index in [9.17, 15) is 0 Å². The van der Waals surface area contributed by atoms with Crippen molar-refractivity contribution in [3.8, 4) is 0 Å². The second-order valence-electron chi connectivity index (χ2n) is 33.9. The van der Waals surface area contributed by atoms with Crippen LogP contribution in [-0.4, -0.2) is 445 Å². The van der Waals surface area contributed by atoms with Crippen molar-refractivity contribution >= 4 is 144 Å². The number of fused-ring (bicyclic) bond motifs is 12.